The number of aromatic nitrogens is 2. The Balaban J connectivity index is 1.88. The molecule has 3 rings (SSSR count). The summed E-state index contributed by atoms with van der Waals surface area (Å²) in [4.78, 5) is 17.3. The number of aryl methyl sites for hydroxylation is 3. The van der Waals surface area contributed by atoms with Gasteiger partial charge in [-0.1, -0.05) is 42.8 Å². The molecule has 0 bridgehead atoms. The number of rotatable bonds is 4. The van der Waals surface area contributed by atoms with Crippen LogP contribution in [0.5, 0.6) is 0 Å². The van der Waals surface area contributed by atoms with Crippen LogP contribution in [0.3, 0.4) is 0 Å². The van der Waals surface area contributed by atoms with Gasteiger partial charge in [0.2, 0.25) is 0 Å². The third-order valence-corrected chi connectivity index (χ3v) is 4.04. The highest BCUT2D eigenvalue weighted by molar-refractivity contribution is 5.94. The molecule has 2 aromatic heterocycles. The fraction of sp³-hybridized carbons (Fsp3) is 0.263. The van der Waals surface area contributed by atoms with Gasteiger partial charge in [-0.2, -0.15) is 0 Å². The van der Waals surface area contributed by atoms with Gasteiger partial charge in [-0.3, -0.25) is 9.20 Å². The van der Waals surface area contributed by atoms with Crippen molar-refractivity contribution >= 4 is 11.6 Å². The summed E-state index contributed by atoms with van der Waals surface area (Å²) >= 11 is 0. The quantitative estimate of drug-likeness (QED) is 0.802. The van der Waals surface area contributed by atoms with Crippen LogP contribution in [-0.2, 0) is 13.0 Å². The second-order valence-corrected chi connectivity index (χ2v) is 5.81. The number of imidazole rings is 1. The van der Waals surface area contributed by atoms with Crippen molar-refractivity contribution in [3.63, 3.8) is 0 Å². The molecule has 0 atom stereocenters. The zero-order valence-electron chi connectivity index (χ0n) is 13.8. The lowest BCUT2D eigenvalue weighted by Gasteiger charge is -2.07. The minimum Gasteiger partial charge on any atom is -0.347 e. The van der Waals surface area contributed by atoms with Gasteiger partial charge in [0.1, 0.15) is 11.3 Å². The van der Waals surface area contributed by atoms with Gasteiger partial charge in [0.15, 0.2) is 0 Å². The van der Waals surface area contributed by atoms with Gasteiger partial charge < -0.3 is 5.32 Å². The van der Waals surface area contributed by atoms with Crippen LogP contribution in [0.25, 0.3) is 5.65 Å². The molecule has 0 aliphatic carbocycles. The maximum atomic E-state index is 12.7. The van der Waals surface area contributed by atoms with Crippen LogP contribution in [0, 0.1) is 13.8 Å². The average molecular weight is 307 g/mol. The molecule has 0 aliphatic rings. The number of benzene rings is 1. The summed E-state index contributed by atoms with van der Waals surface area (Å²) in [5, 5.41) is 3.01. The highest BCUT2D eigenvalue weighted by Gasteiger charge is 2.18. The molecule has 23 heavy (non-hydrogen) atoms. The predicted octanol–water partition coefficient (Wildman–Crippen LogP) is 3.44. The SMILES string of the molecule is CCc1nc2c(C)cccn2c1C(=O)NCc1ccc(C)cc1. The van der Waals surface area contributed by atoms with Gasteiger partial charge in [-0.05, 0) is 37.5 Å². The van der Waals surface area contributed by atoms with Crippen LogP contribution < -0.4 is 5.32 Å². The Morgan fingerprint density at radius 3 is 2.61 bits per heavy atom. The Morgan fingerprint density at radius 1 is 1.17 bits per heavy atom. The molecular formula is C19H21N3O. The molecule has 0 fully saturated rings. The Labute approximate surface area is 136 Å². The molecule has 2 heterocycles. The van der Waals surface area contributed by atoms with E-state index in [1.165, 1.54) is 5.56 Å². The molecule has 4 nitrogen and oxygen atoms in total. The fourth-order valence-electron chi connectivity index (χ4n) is 2.71. The molecule has 0 saturated heterocycles. The first-order valence-electron chi connectivity index (χ1n) is 7.90. The fourth-order valence-corrected chi connectivity index (χ4v) is 2.71. The average Bonchev–Trinajstić information content (AvgIpc) is 2.94. The molecular weight excluding hydrogens is 286 g/mol. The number of carbonyl (C=O) groups excluding carboxylic acids is 1. The van der Waals surface area contributed by atoms with Crippen LogP contribution in [0.4, 0.5) is 0 Å². The normalized spacial score (nSPS) is 10.9. The van der Waals surface area contributed by atoms with E-state index in [2.05, 4.69) is 29.4 Å². The van der Waals surface area contributed by atoms with Gasteiger partial charge >= 0.3 is 0 Å². The third kappa shape index (κ3) is 2.97. The second-order valence-electron chi connectivity index (χ2n) is 5.81. The smallest absolute Gasteiger partial charge is 0.270 e. The second kappa shape index (κ2) is 6.24. The van der Waals surface area contributed by atoms with E-state index in [9.17, 15) is 4.79 Å². The summed E-state index contributed by atoms with van der Waals surface area (Å²) in [6.45, 7) is 6.60. The Morgan fingerprint density at radius 2 is 1.91 bits per heavy atom. The van der Waals surface area contributed by atoms with E-state index in [4.69, 9.17) is 0 Å². The van der Waals surface area contributed by atoms with Crippen molar-refractivity contribution in [3.8, 4) is 0 Å². The molecule has 1 aromatic carbocycles. The zero-order valence-corrected chi connectivity index (χ0v) is 13.8. The first kappa shape index (κ1) is 15.3. The van der Waals surface area contributed by atoms with Gasteiger partial charge in [-0.15, -0.1) is 0 Å². The summed E-state index contributed by atoms with van der Waals surface area (Å²) < 4.78 is 1.89. The van der Waals surface area contributed by atoms with Gasteiger partial charge in [0, 0.05) is 12.7 Å². The predicted molar refractivity (Wildman–Crippen MR) is 91.7 cm³/mol. The molecule has 0 saturated carbocycles. The molecule has 4 heteroatoms. The van der Waals surface area contributed by atoms with Crippen LogP contribution in [0.2, 0.25) is 0 Å². The number of nitrogens with zero attached hydrogens (tertiary/aromatic N) is 2. The molecule has 0 radical (unpaired) electrons. The Hall–Kier alpha value is -2.62. The molecule has 3 aromatic rings. The van der Waals surface area contributed by atoms with Gasteiger partial charge in [0.05, 0.1) is 5.69 Å². The summed E-state index contributed by atoms with van der Waals surface area (Å²) in [5.41, 5.74) is 5.70. The van der Waals surface area contributed by atoms with Crippen LogP contribution in [-0.4, -0.2) is 15.3 Å². The summed E-state index contributed by atoms with van der Waals surface area (Å²) in [7, 11) is 0. The van der Waals surface area contributed by atoms with Gasteiger partial charge in [0.25, 0.3) is 5.91 Å². The van der Waals surface area contributed by atoms with Crippen LogP contribution >= 0.6 is 0 Å². The third-order valence-electron chi connectivity index (χ3n) is 4.04. The standard InChI is InChI=1S/C19H21N3O/c1-4-16-17(22-11-5-6-14(3)18(22)21-16)19(23)20-12-15-9-7-13(2)8-10-15/h5-11H,4,12H2,1-3H3,(H,20,23). The molecule has 0 unspecified atom stereocenters. The van der Waals surface area contributed by atoms with E-state index in [1.54, 1.807) is 0 Å². The first-order valence-corrected chi connectivity index (χ1v) is 7.90. The minimum absolute atomic E-state index is 0.0828. The van der Waals surface area contributed by atoms with Crippen molar-refractivity contribution in [2.75, 3.05) is 0 Å². The summed E-state index contributed by atoms with van der Waals surface area (Å²) in [6.07, 6.45) is 2.63. The molecule has 0 spiro atoms. The highest BCUT2D eigenvalue weighted by atomic mass is 16.1. The van der Waals surface area contributed by atoms with Crippen molar-refractivity contribution in [2.45, 2.75) is 33.7 Å². The molecule has 1 N–H and O–H groups in total. The highest BCUT2D eigenvalue weighted by Crippen LogP contribution is 2.16. The van der Waals surface area contributed by atoms with E-state index in [0.717, 1.165) is 28.9 Å². The van der Waals surface area contributed by atoms with Crippen molar-refractivity contribution in [1.29, 1.82) is 0 Å². The minimum atomic E-state index is -0.0828. The Bertz CT molecular complexity index is 847. The van der Waals surface area contributed by atoms with E-state index >= 15 is 0 Å². The number of hydrogen-bond donors (Lipinski definition) is 1. The molecule has 118 valence electrons. The summed E-state index contributed by atoms with van der Waals surface area (Å²) in [6, 6.07) is 12.1. The van der Waals surface area contributed by atoms with Crippen molar-refractivity contribution in [2.24, 2.45) is 0 Å². The van der Waals surface area contributed by atoms with Crippen LogP contribution in [0.15, 0.2) is 42.6 Å². The number of carbonyl (C=O) groups is 1. The largest absolute Gasteiger partial charge is 0.347 e. The lowest BCUT2D eigenvalue weighted by molar-refractivity contribution is 0.0944. The number of hydrogen-bond acceptors (Lipinski definition) is 2. The van der Waals surface area contributed by atoms with Crippen molar-refractivity contribution in [3.05, 3.63) is 70.7 Å². The first-order chi connectivity index (χ1) is 11.1. The molecule has 0 aliphatic heterocycles. The van der Waals surface area contributed by atoms with Crippen molar-refractivity contribution in [1.82, 2.24) is 14.7 Å². The lowest BCUT2D eigenvalue weighted by atomic mass is 10.1. The Kier molecular flexibility index (Phi) is 4.15. The maximum absolute atomic E-state index is 12.7. The lowest BCUT2D eigenvalue weighted by Crippen LogP contribution is -2.25. The number of amides is 1. The van der Waals surface area contributed by atoms with Crippen LogP contribution in [0.1, 0.15) is 39.8 Å². The number of nitrogens with one attached hydrogen (secondary N) is 1. The van der Waals surface area contributed by atoms with E-state index < -0.39 is 0 Å². The maximum Gasteiger partial charge on any atom is 0.270 e. The van der Waals surface area contributed by atoms with Gasteiger partial charge in [-0.25, -0.2) is 4.98 Å². The van der Waals surface area contributed by atoms with E-state index in [1.807, 2.05) is 48.7 Å². The van der Waals surface area contributed by atoms with E-state index in [-0.39, 0.29) is 5.91 Å². The molecule has 1 amide bonds. The number of fused-ring (bicyclic) bond motifs is 1. The summed E-state index contributed by atoms with van der Waals surface area (Å²) in [5.74, 6) is -0.0828. The zero-order chi connectivity index (χ0) is 16.4. The monoisotopic (exact) mass is 307 g/mol. The van der Waals surface area contributed by atoms with E-state index in [0.29, 0.717) is 12.2 Å². The topological polar surface area (TPSA) is 46.4 Å². The number of pyridine rings is 1. The van der Waals surface area contributed by atoms with Crippen molar-refractivity contribution < 1.29 is 4.79 Å².